The van der Waals surface area contributed by atoms with Crippen LogP contribution in [0.4, 0.5) is 0 Å². The average molecular weight is 515 g/mol. The van der Waals surface area contributed by atoms with E-state index in [1.54, 1.807) is 56.1 Å². The first-order valence-corrected chi connectivity index (χ1v) is 12.2. The number of nitrogens with zero attached hydrogens (tertiary/aromatic N) is 2. The molecule has 0 spiro atoms. The smallest absolute Gasteiger partial charge is 0.329 e. The highest BCUT2D eigenvalue weighted by Gasteiger charge is 2.27. The van der Waals surface area contributed by atoms with E-state index in [1.165, 1.54) is 0 Å². The molecule has 0 radical (unpaired) electrons. The van der Waals surface area contributed by atoms with Gasteiger partial charge in [0.05, 0.1) is 18.1 Å². The van der Waals surface area contributed by atoms with Gasteiger partial charge in [-0.05, 0) is 48.4 Å². The van der Waals surface area contributed by atoms with Crippen molar-refractivity contribution in [1.29, 1.82) is 0 Å². The minimum atomic E-state index is -0.958. The molecule has 0 saturated heterocycles. The topological polar surface area (TPSA) is 112 Å². The Bertz CT molecular complexity index is 1420. The number of aromatic nitrogens is 2. The molecule has 0 saturated carbocycles. The SMILES string of the molecule is COc1ccc(CC(NC(=O)C(C)NC(=O)c2cc3ncccc3n2C)C(=O)OCc2ccccc2)cc1. The number of pyridine rings is 1. The Morgan fingerprint density at radius 3 is 2.37 bits per heavy atom. The third-order valence-electron chi connectivity index (χ3n) is 6.21. The molecule has 9 heteroatoms. The summed E-state index contributed by atoms with van der Waals surface area (Å²) < 4.78 is 12.4. The van der Waals surface area contributed by atoms with Gasteiger partial charge in [0.25, 0.3) is 5.91 Å². The van der Waals surface area contributed by atoms with Crippen LogP contribution in [0, 0.1) is 0 Å². The Morgan fingerprint density at radius 2 is 1.68 bits per heavy atom. The van der Waals surface area contributed by atoms with Crippen molar-refractivity contribution in [1.82, 2.24) is 20.2 Å². The standard InChI is InChI=1S/C29H30N4O5/c1-19(31-28(35)26-17-23-25(33(26)2)10-7-15-30-23)27(34)32-24(16-20-11-13-22(37-3)14-12-20)29(36)38-18-21-8-5-4-6-9-21/h4-15,17,19,24H,16,18H2,1-3H3,(H,31,35)(H,32,34). The zero-order valence-electron chi connectivity index (χ0n) is 21.5. The molecule has 0 aliphatic rings. The molecule has 2 aromatic heterocycles. The molecule has 4 rings (SSSR count). The van der Waals surface area contributed by atoms with Gasteiger partial charge in [0.2, 0.25) is 5.91 Å². The highest BCUT2D eigenvalue weighted by atomic mass is 16.5. The van der Waals surface area contributed by atoms with Crippen LogP contribution < -0.4 is 15.4 Å². The molecule has 0 aliphatic carbocycles. The van der Waals surface area contributed by atoms with Crippen molar-refractivity contribution in [2.24, 2.45) is 7.05 Å². The molecular weight excluding hydrogens is 484 g/mol. The zero-order valence-corrected chi connectivity index (χ0v) is 21.5. The van der Waals surface area contributed by atoms with Crippen LogP contribution in [-0.4, -0.2) is 46.5 Å². The summed E-state index contributed by atoms with van der Waals surface area (Å²) in [5.74, 6) is -0.825. The second-order valence-corrected chi connectivity index (χ2v) is 8.90. The molecule has 196 valence electrons. The number of amides is 2. The Labute approximate surface area is 220 Å². The summed E-state index contributed by atoms with van der Waals surface area (Å²) in [6, 6.07) is 20.0. The van der Waals surface area contributed by atoms with Crippen LogP contribution in [0.15, 0.2) is 79.0 Å². The molecule has 38 heavy (non-hydrogen) atoms. The zero-order chi connectivity index (χ0) is 27.1. The maximum Gasteiger partial charge on any atom is 0.329 e. The van der Waals surface area contributed by atoms with Crippen LogP contribution >= 0.6 is 0 Å². The lowest BCUT2D eigenvalue weighted by molar-refractivity contribution is -0.149. The number of carbonyl (C=O) groups excluding carboxylic acids is 3. The summed E-state index contributed by atoms with van der Waals surface area (Å²) in [4.78, 5) is 43.3. The number of methoxy groups -OCH3 is 1. The van der Waals surface area contributed by atoms with Gasteiger partial charge >= 0.3 is 5.97 Å². The van der Waals surface area contributed by atoms with E-state index in [0.29, 0.717) is 17.0 Å². The van der Waals surface area contributed by atoms with Gasteiger partial charge in [-0.15, -0.1) is 0 Å². The molecule has 0 aliphatic heterocycles. The first kappa shape index (κ1) is 26.4. The first-order valence-electron chi connectivity index (χ1n) is 12.2. The molecule has 2 heterocycles. The second kappa shape index (κ2) is 12.1. The quantitative estimate of drug-likeness (QED) is 0.315. The molecular formula is C29H30N4O5. The third kappa shape index (κ3) is 6.36. The normalized spacial score (nSPS) is 12.4. The second-order valence-electron chi connectivity index (χ2n) is 8.90. The predicted octanol–water partition coefficient (Wildman–Crippen LogP) is 3.17. The Balaban J connectivity index is 1.44. The van der Waals surface area contributed by atoms with Crippen LogP contribution in [0.25, 0.3) is 11.0 Å². The highest BCUT2D eigenvalue weighted by Crippen LogP contribution is 2.16. The summed E-state index contributed by atoms with van der Waals surface area (Å²) in [5, 5.41) is 5.46. The average Bonchev–Trinajstić information content (AvgIpc) is 3.28. The lowest BCUT2D eigenvalue weighted by Gasteiger charge is -2.21. The Kier molecular flexibility index (Phi) is 8.37. The first-order chi connectivity index (χ1) is 18.4. The van der Waals surface area contributed by atoms with Crippen LogP contribution in [-0.2, 0) is 34.4 Å². The van der Waals surface area contributed by atoms with Crippen molar-refractivity contribution in [3.63, 3.8) is 0 Å². The van der Waals surface area contributed by atoms with Crippen molar-refractivity contribution in [2.75, 3.05) is 7.11 Å². The molecule has 2 N–H and O–H groups in total. The molecule has 4 aromatic rings. The van der Waals surface area contributed by atoms with E-state index >= 15 is 0 Å². The monoisotopic (exact) mass is 514 g/mol. The number of benzene rings is 2. The fourth-order valence-corrected chi connectivity index (χ4v) is 4.03. The number of ether oxygens (including phenoxy) is 2. The fraction of sp³-hybridized carbons (Fsp3) is 0.241. The highest BCUT2D eigenvalue weighted by molar-refractivity contribution is 6.00. The van der Waals surface area contributed by atoms with Crippen LogP contribution in [0.3, 0.4) is 0 Å². The molecule has 2 amide bonds. The van der Waals surface area contributed by atoms with Crippen molar-refractivity contribution in [3.8, 4) is 5.75 Å². The van der Waals surface area contributed by atoms with Gasteiger partial charge in [-0.25, -0.2) is 4.79 Å². The van der Waals surface area contributed by atoms with Crippen molar-refractivity contribution >= 4 is 28.8 Å². The van der Waals surface area contributed by atoms with Gasteiger partial charge in [-0.3, -0.25) is 14.6 Å². The minimum Gasteiger partial charge on any atom is -0.497 e. The van der Waals surface area contributed by atoms with E-state index in [1.807, 2.05) is 48.5 Å². The lowest BCUT2D eigenvalue weighted by atomic mass is 10.1. The number of aryl methyl sites for hydroxylation is 1. The Hall–Kier alpha value is -4.66. The molecule has 0 bridgehead atoms. The van der Waals surface area contributed by atoms with Gasteiger partial charge < -0.3 is 24.7 Å². The fourth-order valence-electron chi connectivity index (χ4n) is 4.03. The van der Waals surface area contributed by atoms with Crippen molar-refractivity contribution in [2.45, 2.75) is 32.0 Å². The maximum absolute atomic E-state index is 13.1. The Morgan fingerprint density at radius 1 is 0.947 bits per heavy atom. The van der Waals surface area contributed by atoms with E-state index in [-0.39, 0.29) is 13.0 Å². The van der Waals surface area contributed by atoms with Gasteiger partial charge in [-0.1, -0.05) is 42.5 Å². The van der Waals surface area contributed by atoms with Gasteiger partial charge in [-0.2, -0.15) is 0 Å². The van der Waals surface area contributed by atoms with E-state index in [9.17, 15) is 14.4 Å². The molecule has 2 aromatic carbocycles. The largest absolute Gasteiger partial charge is 0.497 e. The lowest BCUT2D eigenvalue weighted by Crippen LogP contribution is -2.51. The number of rotatable bonds is 10. The van der Waals surface area contributed by atoms with E-state index < -0.39 is 29.9 Å². The van der Waals surface area contributed by atoms with Crippen LogP contribution in [0.5, 0.6) is 5.75 Å². The van der Waals surface area contributed by atoms with Gasteiger partial charge in [0.15, 0.2) is 0 Å². The van der Waals surface area contributed by atoms with E-state index in [4.69, 9.17) is 9.47 Å². The summed E-state index contributed by atoms with van der Waals surface area (Å²) in [7, 11) is 3.33. The molecule has 2 unspecified atom stereocenters. The summed E-state index contributed by atoms with van der Waals surface area (Å²) in [6.45, 7) is 1.64. The van der Waals surface area contributed by atoms with Crippen molar-refractivity contribution < 1.29 is 23.9 Å². The molecule has 2 atom stereocenters. The summed E-state index contributed by atoms with van der Waals surface area (Å²) in [6.07, 6.45) is 1.86. The van der Waals surface area contributed by atoms with Gasteiger partial charge in [0, 0.05) is 19.7 Å². The number of fused-ring (bicyclic) bond motifs is 1. The number of hydrogen-bond donors (Lipinski definition) is 2. The number of nitrogens with one attached hydrogen (secondary N) is 2. The minimum absolute atomic E-state index is 0.0794. The van der Waals surface area contributed by atoms with Crippen molar-refractivity contribution in [3.05, 3.63) is 95.8 Å². The van der Waals surface area contributed by atoms with E-state index in [0.717, 1.165) is 16.6 Å². The predicted molar refractivity (Wildman–Crippen MR) is 143 cm³/mol. The summed E-state index contributed by atoms with van der Waals surface area (Å²) >= 11 is 0. The summed E-state index contributed by atoms with van der Waals surface area (Å²) in [5.41, 5.74) is 3.50. The third-order valence-corrected chi connectivity index (χ3v) is 6.21. The molecule has 0 fully saturated rings. The maximum atomic E-state index is 13.1. The van der Waals surface area contributed by atoms with Gasteiger partial charge in [0.1, 0.15) is 30.1 Å². The van der Waals surface area contributed by atoms with E-state index in [2.05, 4.69) is 15.6 Å². The van der Waals surface area contributed by atoms with Crippen LogP contribution in [0.1, 0.15) is 28.5 Å². The number of carbonyl (C=O) groups is 3. The molecule has 9 nitrogen and oxygen atoms in total. The van der Waals surface area contributed by atoms with Crippen LogP contribution in [0.2, 0.25) is 0 Å². The number of esters is 1. The number of hydrogen-bond acceptors (Lipinski definition) is 6.